The zero-order valence-corrected chi connectivity index (χ0v) is 22.1. The van der Waals surface area contributed by atoms with E-state index in [1.807, 2.05) is 35.9 Å². The van der Waals surface area contributed by atoms with Gasteiger partial charge in [-0.25, -0.2) is 13.4 Å². The Bertz CT molecular complexity index is 1520. The SMILES string of the molecule is Cc1ccc(-n2ccc3cc(N(CC(=O)OC(C)(C)C)S(=O)(=O)c4cc(C)nc(Cl)c4)ccc32)nn1. The average Bonchev–Trinajstić information content (AvgIpc) is 3.19. The molecule has 0 amide bonds. The number of carbonyl (C=O) groups excluding carboxylic acids is 1. The minimum absolute atomic E-state index is 0.0394. The zero-order chi connectivity index (χ0) is 26.3. The highest BCUT2D eigenvalue weighted by Crippen LogP contribution is 2.30. The molecule has 0 aliphatic heterocycles. The topological polar surface area (TPSA) is 107 Å². The van der Waals surface area contributed by atoms with E-state index in [4.69, 9.17) is 16.3 Å². The van der Waals surface area contributed by atoms with Gasteiger partial charge in [-0.3, -0.25) is 13.7 Å². The Hall–Kier alpha value is -3.50. The average molecular weight is 528 g/mol. The number of fused-ring (bicyclic) bond motifs is 1. The van der Waals surface area contributed by atoms with Crippen LogP contribution in [0, 0.1) is 13.8 Å². The second kappa shape index (κ2) is 9.51. The van der Waals surface area contributed by atoms with Crippen molar-refractivity contribution in [2.45, 2.75) is 45.1 Å². The third-order valence-corrected chi connectivity index (χ3v) is 7.11. The summed E-state index contributed by atoms with van der Waals surface area (Å²) in [6.45, 7) is 8.14. The molecule has 0 N–H and O–H groups in total. The number of carbonyl (C=O) groups is 1. The van der Waals surface area contributed by atoms with Crippen LogP contribution < -0.4 is 4.31 Å². The predicted octanol–water partition coefficient (Wildman–Crippen LogP) is 4.62. The molecule has 0 radical (unpaired) electrons. The van der Waals surface area contributed by atoms with Gasteiger partial charge in [-0.1, -0.05) is 11.6 Å². The molecule has 0 aliphatic rings. The van der Waals surface area contributed by atoms with Crippen LogP contribution in [0.15, 0.2) is 59.6 Å². The lowest BCUT2D eigenvalue weighted by Crippen LogP contribution is -2.39. The Morgan fingerprint density at radius 3 is 2.42 bits per heavy atom. The monoisotopic (exact) mass is 527 g/mol. The summed E-state index contributed by atoms with van der Waals surface area (Å²) in [5.74, 6) is -0.0565. The molecule has 3 heterocycles. The van der Waals surface area contributed by atoms with Crippen LogP contribution in [0.25, 0.3) is 16.7 Å². The standard InChI is InChI=1S/C25H26ClN5O4S/c1-16-6-9-23(29-28-16)30-11-10-18-13-19(7-8-21(18)30)31(15-24(32)35-25(3,4)5)36(33,34)20-12-17(2)27-22(26)14-20/h6-14H,15H2,1-5H3. The van der Waals surface area contributed by atoms with E-state index < -0.39 is 28.1 Å². The zero-order valence-electron chi connectivity index (χ0n) is 20.6. The van der Waals surface area contributed by atoms with E-state index in [-0.39, 0.29) is 10.0 Å². The molecule has 0 saturated carbocycles. The Morgan fingerprint density at radius 1 is 1.03 bits per heavy atom. The van der Waals surface area contributed by atoms with E-state index in [1.165, 1.54) is 12.1 Å². The Morgan fingerprint density at radius 2 is 1.78 bits per heavy atom. The molecular weight excluding hydrogens is 502 g/mol. The van der Waals surface area contributed by atoms with Gasteiger partial charge in [0, 0.05) is 17.3 Å². The third-order valence-electron chi connectivity index (χ3n) is 5.17. The molecule has 11 heteroatoms. The molecule has 4 rings (SSSR count). The van der Waals surface area contributed by atoms with Crippen molar-refractivity contribution in [2.24, 2.45) is 0 Å². The first-order chi connectivity index (χ1) is 16.8. The molecule has 36 heavy (non-hydrogen) atoms. The maximum atomic E-state index is 13.7. The minimum Gasteiger partial charge on any atom is -0.459 e. The second-order valence-corrected chi connectivity index (χ2v) is 11.6. The molecule has 4 aromatic rings. The molecule has 0 aliphatic carbocycles. The quantitative estimate of drug-likeness (QED) is 0.266. The number of hydrogen-bond acceptors (Lipinski definition) is 7. The van der Waals surface area contributed by atoms with Gasteiger partial charge in [0.05, 0.1) is 21.8 Å². The molecule has 0 atom stereocenters. The van der Waals surface area contributed by atoms with Gasteiger partial charge in [-0.05, 0) is 83.1 Å². The highest BCUT2D eigenvalue weighted by molar-refractivity contribution is 7.92. The number of esters is 1. The van der Waals surface area contributed by atoms with E-state index in [0.29, 0.717) is 17.2 Å². The number of rotatable bonds is 6. The number of hydrogen-bond donors (Lipinski definition) is 0. The summed E-state index contributed by atoms with van der Waals surface area (Å²) in [5.41, 5.74) is 1.55. The van der Waals surface area contributed by atoms with Crippen LogP contribution in [0.1, 0.15) is 32.2 Å². The van der Waals surface area contributed by atoms with Crippen LogP contribution in [0.5, 0.6) is 0 Å². The Balaban J connectivity index is 1.80. The van der Waals surface area contributed by atoms with Gasteiger partial charge < -0.3 is 4.74 Å². The van der Waals surface area contributed by atoms with Crippen molar-refractivity contribution in [1.29, 1.82) is 0 Å². The Kier molecular flexibility index (Phi) is 6.76. The lowest BCUT2D eigenvalue weighted by Gasteiger charge is -2.26. The highest BCUT2D eigenvalue weighted by atomic mass is 35.5. The fourth-order valence-corrected chi connectivity index (χ4v) is 5.50. The number of ether oxygens (including phenoxy) is 1. The van der Waals surface area contributed by atoms with Crippen LogP contribution in [0.4, 0.5) is 5.69 Å². The van der Waals surface area contributed by atoms with Gasteiger partial charge >= 0.3 is 5.97 Å². The van der Waals surface area contributed by atoms with Gasteiger partial charge in [-0.15, -0.1) is 5.10 Å². The van der Waals surface area contributed by atoms with E-state index in [0.717, 1.165) is 20.9 Å². The molecule has 3 aromatic heterocycles. The van der Waals surface area contributed by atoms with Crippen LogP contribution in [-0.2, 0) is 19.6 Å². The normalized spacial score (nSPS) is 12.1. The van der Waals surface area contributed by atoms with E-state index in [1.54, 1.807) is 45.9 Å². The van der Waals surface area contributed by atoms with Crippen molar-refractivity contribution < 1.29 is 17.9 Å². The molecule has 0 bridgehead atoms. The maximum absolute atomic E-state index is 13.7. The molecular formula is C25H26ClN5O4S. The first-order valence-electron chi connectivity index (χ1n) is 11.1. The largest absolute Gasteiger partial charge is 0.459 e. The summed E-state index contributed by atoms with van der Waals surface area (Å²) in [7, 11) is -4.19. The summed E-state index contributed by atoms with van der Waals surface area (Å²) in [5, 5.41) is 9.12. The maximum Gasteiger partial charge on any atom is 0.327 e. The summed E-state index contributed by atoms with van der Waals surface area (Å²) in [6, 6.07) is 13.3. The highest BCUT2D eigenvalue weighted by Gasteiger charge is 2.30. The third kappa shape index (κ3) is 5.50. The summed E-state index contributed by atoms with van der Waals surface area (Å²) in [4.78, 5) is 16.7. The van der Waals surface area contributed by atoms with E-state index >= 15 is 0 Å². The van der Waals surface area contributed by atoms with Crippen LogP contribution in [0.3, 0.4) is 0 Å². The van der Waals surface area contributed by atoms with E-state index in [9.17, 15) is 13.2 Å². The molecule has 188 valence electrons. The summed E-state index contributed by atoms with van der Waals surface area (Å²) in [6.07, 6.45) is 1.83. The van der Waals surface area contributed by atoms with Crippen molar-refractivity contribution in [3.63, 3.8) is 0 Å². The smallest absolute Gasteiger partial charge is 0.327 e. The Labute approximate surface area is 214 Å². The molecule has 0 fully saturated rings. The van der Waals surface area contributed by atoms with Gasteiger partial charge in [0.15, 0.2) is 5.82 Å². The molecule has 1 aromatic carbocycles. The lowest BCUT2D eigenvalue weighted by atomic mass is 10.2. The first kappa shape index (κ1) is 25.6. The molecule has 9 nitrogen and oxygen atoms in total. The first-order valence-corrected chi connectivity index (χ1v) is 13.0. The predicted molar refractivity (Wildman–Crippen MR) is 138 cm³/mol. The number of benzene rings is 1. The summed E-state index contributed by atoms with van der Waals surface area (Å²) < 4.78 is 35.8. The van der Waals surface area contributed by atoms with Crippen LogP contribution >= 0.6 is 11.6 Å². The van der Waals surface area contributed by atoms with Crippen molar-refractivity contribution >= 4 is 44.2 Å². The van der Waals surface area contributed by atoms with Crippen LogP contribution in [-0.4, -0.2) is 46.3 Å². The fourth-order valence-electron chi connectivity index (χ4n) is 3.69. The van der Waals surface area contributed by atoms with E-state index in [2.05, 4.69) is 15.2 Å². The number of pyridine rings is 1. The van der Waals surface area contributed by atoms with Crippen molar-refractivity contribution in [2.75, 3.05) is 10.8 Å². The minimum atomic E-state index is -4.19. The van der Waals surface area contributed by atoms with Crippen molar-refractivity contribution in [3.8, 4) is 5.82 Å². The number of halogens is 1. The fraction of sp³-hybridized carbons (Fsp3) is 0.280. The van der Waals surface area contributed by atoms with Gasteiger partial charge in [-0.2, -0.15) is 5.10 Å². The number of aromatic nitrogens is 4. The molecule has 0 saturated heterocycles. The van der Waals surface area contributed by atoms with Gasteiger partial charge in [0.2, 0.25) is 0 Å². The molecule has 0 unspecified atom stereocenters. The lowest BCUT2D eigenvalue weighted by molar-refractivity contribution is -0.152. The van der Waals surface area contributed by atoms with Crippen molar-refractivity contribution in [1.82, 2.24) is 19.7 Å². The van der Waals surface area contributed by atoms with Gasteiger partial charge in [0.1, 0.15) is 17.3 Å². The number of aryl methyl sites for hydroxylation is 2. The van der Waals surface area contributed by atoms with Crippen LogP contribution in [0.2, 0.25) is 5.15 Å². The number of nitrogens with zero attached hydrogens (tertiary/aromatic N) is 5. The molecule has 0 spiro atoms. The second-order valence-electron chi connectivity index (χ2n) is 9.33. The number of sulfonamides is 1. The summed E-state index contributed by atoms with van der Waals surface area (Å²) >= 11 is 6.05. The van der Waals surface area contributed by atoms with Gasteiger partial charge in [0.25, 0.3) is 10.0 Å². The van der Waals surface area contributed by atoms with Crippen molar-refractivity contribution in [3.05, 3.63) is 71.3 Å². The number of anilines is 1.